The summed E-state index contributed by atoms with van der Waals surface area (Å²) in [6.07, 6.45) is 0.838. The minimum Gasteiger partial charge on any atom is -0.481 e. The van der Waals surface area contributed by atoms with Crippen molar-refractivity contribution in [3.8, 4) is 0 Å². The van der Waals surface area contributed by atoms with Gasteiger partial charge in [-0.15, -0.1) is 10.2 Å². The average molecular weight is 319 g/mol. The Hall–Kier alpha value is -1.95. The third-order valence-corrected chi connectivity index (χ3v) is 4.57. The second-order valence-corrected chi connectivity index (χ2v) is 6.48. The number of carboxylic acid groups (broad SMARTS) is 1. The predicted octanol–water partition coefficient (Wildman–Crippen LogP) is 3.14. The Kier molecular flexibility index (Phi) is 5.49. The van der Waals surface area contributed by atoms with Crippen LogP contribution in [-0.4, -0.2) is 27.8 Å². The Labute approximate surface area is 134 Å². The SMILES string of the molecule is CCc1nnc(N(Cc2ccc(C)cc2)CC(C)C(=O)O)s1. The van der Waals surface area contributed by atoms with Crippen molar-refractivity contribution < 1.29 is 9.90 Å². The van der Waals surface area contributed by atoms with Crippen molar-refractivity contribution in [3.63, 3.8) is 0 Å². The van der Waals surface area contributed by atoms with Crippen LogP contribution in [0, 0.1) is 12.8 Å². The van der Waals surface area contributed by atoms with Crippen molar-refractivity contribution in [2.45, 2.75) is 33.7 Å². The van der Waals surface area contributed by atoms with Crippen LogP contribution >= 0.6 is 11.3 Å². The van der Waals surface area contributed by atoms with Crippen LogP contribution in [0.25, 0.3) is 0 Å². The number of aryl methyl sites for hydroxylation is 2. The fourth-order valence-electron chi connectivity index (χ4n) is 2.05. The van der Waals surface area contributed by atoms with Gasteiger partial charge in [-0.1, -0.05) is 55.0 Å². The van der Waals surface area contributed by atoms with Crippen LogP contribution in [0.2, 0.25) is 0 Å². The van der Waals surface area contributed by atoms with Crippen LogP contribution in [-0.2, 0) is 17.8 Å². The summed E-state index contributed by atoms with van der Waals surface area (Å²) >= 11 is 1.53. The Bertz CT molecular complexity index is 625. The molecule has 0 aliphatic heterocycles. The molecule has 6 heteroatoms. The largest absolute Gasteiger partial charge is 0.481 e. The van der Waals surface area contributed by atoms with Crippen molar-refractivity contribution in [1.82, 2.24) is 10.2 Å². The van der Waals surface area contributed by atoms with E-state index in [4.69, 9.17) is 0 Å². The second-order valence-electron chi connectivity index (χ2n) is 5.44. The van der Waals surface area contributed by atoms with Gasteiger partial charge in [0.25, 0.3) is 0 Å². The molecule has 118 valence electrons. The quantitative estimate of drug-likeness (QED) is 0.849. The number of benzene rings is 1. The van der Waals surface area contributed by atoms with E-state index in [1.807, 2.05) is 18.7 Å². The van der Waals surface area contributed by atoms with E-state index in [-0.39, 0.29) is 0 Å². The molecule has 0 aliphatic rings. The smallest absolute Gasteiger partial charge is 0.308 e. The molecule has 0 saturated carbocycles. The third-order valence-electron chi connectivity index (χ3n) is 3.44. The van der Waals surface area contributed by atoms with Crippen LogP contribution in [0.5, 0.6) is 0 Å². The van der Waals surface area contributed by atoms with Gasteiger partial charge in [0.2, 0.25) is 5.13 Å². The lowest BCUT2D eigenvalue weighted by Gasteiger charge is -2.23. The molecule has 5 nitrogen and oxygen atoms in total. The number of aliphatic carboxylic acids is 1. The molecular formula is C16H21N3O2S. The summed E-state index contributed by atoms with van der Waals surface area (Å²) in [6, 6.07) is 8.25. The molecule has 0 aliphatic carbocycles. The summed E-state index contributed by atoms with van der Waals surface area (Å²) in [5.74, 6) is -1.26. The van der Waals surface area contributed by atoms with Crippen LogP contribution in [0.4, 0.5) is 5.13 Å². The van der Waals surface area contributed by atoms with E-state index in [2.05, 4.69) is 34.5 Å². The molecule has 1 N–H and O–H groups in total. The Morgan fingerprint density at radius 2 is 2.00 bits per heavy atom. The predicted molar refractivity (Wildman–Crippen MR) is 88.3 cm³/mol. The fraction of sp³-hybridized carbons (Fsp3) is 0.438. The first kappa shape index (κ1) is 16.4. The first-order chi connectivity index (χ1) is 10.5. The molecule has 0 fully saturated rings. The van der Waals surface area contributed by atoms with Gasteiger partial charge >= 0.3 is 5.97 Å². The third kappa shape index (κ3) is 4.27. The molecule has 1 unspecified atom stereocenters. The summed E-state index contributed by atoms with van der Waals surface area (Å²) in [6.45, 7) is 6.85. The van der Waals surface area contributed by atoms with Gasteiger partial charge in [0.15, 0.2) is 0 Å². The van der Waals surface area contributed by atoms with Gasteiger partial charge in [0.1, 0.15) is 5.01 Å². The molecule has 2 aromatic rings. The second kappa shape index (κ2) is 7.35. The Morgan fingerprint density at radius 1 is 1.32 bits per heavy atom. The van der Waals surface area contributed by atoms with Crippen LogP contribution in [0.15, 0.2) is 24.3 Å². The molecule has 0 saturated heterocycles. The van der Waals surface area contributed by atoms with E-state index in [0.29, 0.717) is 13.1 Å². The normalized spacial score (nSPS) is 12.1. The van der Waals surface area contributed by atoms with Gasteiger partial charge in [-0.3, -0.25) is 4.79 Å². The topological polar surface area (TPSA) is 66.3 Å². The molecule has 0 radical (unpaired) electrons. The molecule has 0 bridgehead atoms. The van der Waals surface area contributed by atoms with Crippen molar-refractivity contribution in [2.24, 2.45) is 5.92 Å². The summed E-state index contributed by atoms with van der Waals surface area (Å²) in [7, 11) is 0. The molecule has 0 amide bonds. The lowest BCUT2D eigenvalue weighted by atomic mass is 10.1. The number of rotatable bonds is 7. The maximum absolute atomic E-state index is 11.2. The van der Waals surface area contributed by atoms with Crippen molar-refractivity contribution in [2.75, 3.05) is 11.4 Å². The van der Waals surface area contributed by atoms with E-state index in [1.54, 1.807) is 6.92 Å². The van der Waals surface area contributed by atoms with E-state index in [9.17, 15) is 9.90 Å². The van der Waals surface area contributed by atoms with Gasteiger partial charge < -0.3 is 10.0 Å². The Balaban J connectivity index is 2.20. The number of nitrogens with zero attached hydrogens (tertiary/aromatic N) is 3. The van der Waals surface area contributed by atoms with Gasteiger partial charge in [0, 0.05) is 13.1 Å². The number of aromatic nitrogens is 2. The Morgan fingerprint density at radius 3 is 2.55 bits per heavy atom. The van der Waals surface area contributed by atoms with Crippen LogP contribution in [0.3, 0.4) is 0 Å². The van der Waals surface area contributed by atoms with E-state index in [0.717, 1.165) is 22.1 Å². The highest BCUT2D eigenvalue weighted by Crippen LogP contribution is 2.24. The number of hydrogen-bond donors (Lipinski definition) is 1. The minimum absolute atomic E-state index is 0.418. The fourth-order valence-corrected chi connectivity index (χ4v) is 2.83. The highest BCUT2D eigenvalue weighted by Gasteiger charge is 2.19. The number of hydrogen-bond acceptors (Lipinski definition) is 5. The van der Waals surface area contributed by atoms with Crippen LogP contribution < -0.4 is 4.90 Å². The first-order valence-corrected chi connectivity index (χ1v) is 8.17. The molecule has 1 atom stereocenters. The molecule has 1 aromatic heterocycles. The number of carbonyl (C=O) groups is 1. The number of carboxylic acids is 1. The minimum atomic E-state index is -0.797. The summed E-state index contributed by atoms with van der Waals surface area (Å²) in [4.78, 5) is 13.2. The maximum atomic E-state index is 11.2. The molecular weight excluding hydrogens is 298 g/mol. The summed E-state index contributed by atoms with van der Waals surface area (Å²) in [5.41, 5.74) is 2.34. The zero-order valence-corrected chi connectivity index (χ0v) is 13.9. The standard InChI is InChI=1S/C16H21N3O2S/c1-4-14-17-18-16(22-14)19(9-12(3)15(20)21)10-13-7-5-11(2)6-8-13/h5-8,12H,4,9-10H2,1-3H3,(H,20,21). The first-order valence-electron chi connectivity index (χ1n) is 7.35. The van der Waals surface area contributed by atoms with E-state index >= 15 is 0 Å². The maximum Gasteiger partial charge on any atom is 0.308 e. The molecule has 1 heterocycles. The summed E-state index contributed by atoms with van der Waals surface area (Å²) < 4.78 is 0. The van der Waals surface area contributed by atoms with Crippen molar-refractivity contribution in [1.29, 1.82) is 0 Å². The number of anilines is 1. The van der Waals surface area contributed by atoms with E-state index in [1.165, 1.54) is 16.9 Å². The lowest BCUT2D eigenvalue weighted by molar-refractivity contribution is -0.140. The van der Waals surface area contributed by atoms with Crippen molar-refractivity contribution in [3.05, 3.63) is 40.4 Å². The van der Waals surface area contributed by atoms with Gasteiger partial charge in [0.05, 0.1) is 5.92 Å². The molecule has 0 spiro atoms. The van der Waals surface area contributed by atoms with Crippen molar-refractivity contribution >= 4 is 22.4 Å². The monoisotopic (exact) mass is 319 g/mol. The zero-order chi connectivity index (χ0) is 16.1. The zero-order valence-electron chi connectivity index (χ0n) is 13.1. The van der Waals surface area contributed by atoms with Crippen LogP contribution in [0.1, 0.15) is 30.0 Å². The lowest BCUT2D eigenvalue weighted by Crippen LogP contribution is -2.31. The summed E-state index contributed by atoms with van der Waals surface area (Å²) in [5, 5.41) is 19.3. The molecule has 22 heavy (non-hydrogen) atoms. The highest BCUT2D eigenvalue weighted by molar-refractivity contribution is 7.15. The highest BCUT2D eigenvalue weighted by atomic mass is 32.1. The van der Waals surface area contributed by atoms with Gasteiger partial charge in [-0.2, -0.15) is 0 Å². The molecule has 1 aromatic carbocycles. The van der Waals surface area contributed by atoms with Gasteiger partial charge in [-0.05, 0) is 18.9 Å². The van der Waals surface area contributed by atoms with Gasteiger partial charge in [-0.25, -0.2) is 0 Å². The molecule has 2 rings (SSSR count). The average Bonchev–Trinajstić information content (AvgIpc) is 2.97. The van der Waals surface area contributed by atoms with E-state index < -0.39 is 11.9 Å².